The molecule has 1 saturated carbocycles. The van der Waals surface area contributed by atoms with E-state index in [-0.39, 0.29) is 29.8 Å². The van der Waals surface area contributed by atoms with Crippen molar-refractivity contribution in [2.24, 2.45) is 5.41 Å². The van der Waals surface area contributed by atoms with Gasteiger partial charge in [-0.3, -0.25) is 14.3 Å². The first-order valence-electron chi connectivity index (χ1n) is 7.54. The van der Waals surface area contributed by atoms with Crippen LogP contribution in [0.1, 0.15) is 31.7 Å². The van der Waals surface area contributed by atoms with E-state index in [9.17, 15) is 18.0 Å². The fourth-order valence-corrected chi connectivity index (χ4v) is 4.34. The van der Waals surface area contributed by atoms with E-state index in [0.717, 1.165) is 19.3 Å². The van der Waals surface area contributed by atoms with Gasteiger partial charge in [0.2, 0.25) is 10.0 Å². The SMILES string of the molecule is COCCn1cc(CNS(=O)(=O)CC2(C)CCC2)c(=O)[nH]c1=O. The zero-order valence-electron chi connectivity index (χ0n) is 13.4. The second-order valence-corrected chi connectivity index (χ2v) is 8.15. The number of rotatable bonds is 8. The van der Waals surface area contributed by atoms with E-state index in [2.05, 4.69) is 9.71 Å². The van der Waals surface area contributed by atoms with Gasteiger partial charge in [-0.1, -0.05) is 13.3 Å². The third-order valence-corrected chi connectivity index (χ3v) is 5.86. The topological polar surface area (TPSA) is 110 Å². The average molecular weight is 345 g/mol. The maximum atomic E-state index is 12.1. The van der Waals surface area contributed by atoms with E-state index in [4.69, 9.17) is 4.74 Å². The van der Waals surface area contributed by atoms with Crippen molar-refractivity contribution < 1.29 is 13.2 Å². The minimum Gasteiger partial charge on any atom is -0.383 e. The molecule has 0 spiro atoms. The molecule has 9 heteroatoms. The van der Waals surface area contributed by atoms with Crippen LogP contribution in [0, 0.1) is 5.41 Å². The molecule has 1 fully saturated rings. The predicted molar refractivity (Wildman–Crippen MR) is 85.8 cm³/mol. The third kappa shape index (κ3) is 4.76. The molecule has 2 rings (SSSR count). The van der Waals surface area contributed by atoms with Crippen LogP contribution in [0.2, 0.25) is 0 Å². The number of sulfonamides is 1. The van der Waals surface area contributed by atoms with E-state index < -0.39 is 21.3 Å². The minimum atomic E-state index is -3.47. The Hall–Kier alpha value is -1.45. The lowest BCUT2D eigenvalue weighted by Crippen LogP contribution is -2.40. The second-order valence-electron chi connectivity index (χ2n) is 6.34. The Morgan fingerprint density at radius 1 is 1.39 bits per heavy atom. The first-order chi connectivity index (χ1) is 10.7. The van der Waals surface area contributed by atoms with Gasteiger partial charge < -0.3 is 4.74 Å². The zero-order chi connectivity index (χ0) is 17.1. The molecule has 0 aliphatic heterocycles. The van der Waals surface area contributed by atoms with Crippen LogP contribution in [0.15, 0.2) is 15.8 Å². The van der Waals surface area contributed by atoms with Gasteiger partial charge >= 0.3 is 5.69 Å². The van der Waals surface area contributed by atoms with Gasteiger partial charge in [-0.05, 0) is 18.3 Å². The van der Waals surface area contributed by atoms with E-state index >= 15 is 0 Å². The van der Waals surface area contributed by atoms with Gasteiger partial charge in [0.15, 0.2) is 0 Å². The molecule has 0 radical (unpaired) electrons. The molecule has 130 valence electrons. The molecular weight excluding hydrogens is 322 g/mol. The Morgan fingerprint density at radius 3 is 2.65 bits per heavy atom. The van der Waals surface area contributed by atoms with Gasteiger partial charge in [-0.2, -0.15) is 0 Å². The standard InChI is InChI=1S/C14H23N3O5S/c1-14(4-3-5-14)10-23(20,21)15-8-11-9-17(6-7-22-2)13(19)16-12(11)18/h9,15H,3-8,10H2,1-2H3,(H,16,18,19). The van der Waals surface area contributed by atoms with Gasteiger partial charge in [0.25, 0.3) is 5.56 Å². The molecule has 1 aromatic heterocycles. The lowest BCUT2D eigenvalue weighted by Gasteiger charge is -2.37. The number of hydrogen-bond acceptors (Lipinski definition) is 5. The molecule has 0 amide bonds. The van der Waals surface area contributed by atoms with Crippen LogP contribution in [0.3, 0.4) is 0 Å². The van der Waals surface area contributed by atoms with Crippen LogP contribution in [-0.4, -0.2) is 37.4 Å². The smallest absolute Gasteiger partial charge is 0.328 e. The average Bonchev–Trinajstić information content (AvgIpc) is 2.43. The second kappa shape index (κ2) is 6.98. The lowest BCUT2D eigenvalue weighted by molar-refractivity contribution is 0.185. The Labute approximate surface area is 134 Å². The fraction of sp³-hybridized carbons (Fsp3) is 0.714. The summed E-state index contributed by atoms with van der Waals surface area (Å²) in [6, 6.07) is 0. The highest BCUT2D eigenvalue weighted by Crippen LogP contribution is 2.41. The monoisotopic (exact) mass is 345 g/mol. The number of aromatic nitrogens is 2. The summed E-state index contributed by atoms with van der Waals surface area (Å²) in [7, 11) is -1.96. The van der Waals surface area contributed by atoms with Crippen molar-refractivity contribution in [1.29, 1.82) is 0 Å². The number of nitrogens with zero attached hydrogens (tertiary/aromatic N) is 1. The van der Waals surface area contributed by atoms with Crippen LogP contribution in [-0.2, 0) is 27.8 Å². The normalized spacial score (nSPS) is 17.0. The number of H-pyrrole nitrogens is 1. The predicted octanol–water partition coefficient (Wildman–Crippen LogP) is -0.207. The molecule has 0 unspecified atom stereocenters. The number of nitrogens with one attached hydrogen (secondary N) is 2. The van der Waals surface area contributed by atoms with Crippen molar-refractivity contribution in [3.8, 4) is 0 Å². The van der Waals surface area contributed by atoms with Crippen LogP contribution in [0.5, 0.6) is 0 Å². The van der Waals surface area contributed by atoms with Gasteiger partial charge in [0.05, 0.1) is 18.9 Å². The zero-order valence-corrected chi connectivity index (χ0v) is 14.2. The molecule has 1 heterocycles. The molecule has 1 aliphatic carbocycles. The first-order valence-corrected chi connectivity index (χ1v) is 9.19. The van der Waals surface area contributed by atoms with Crippen LogP contribution >= 0.6 is 0 Å². The highest BCUT2D eigenvalue weighted by atomic mass is 32.2. The molecule has 0 atom stereocenters. The van der Waals surface area contributed by atoms with Crippen molar-refractivity contribution in [3.05, 3.63) is 32.6 Å². The van der Waals surface area contributed by atoms with Crippen LogP contribution in [0.4, 0.5) is 0 Å². The molecule has 0 bridgehead atoms. The summed E-state index contributed by atoms with van der Waals surface area (Å²) in [6.07, 6.45) is 4.22. The number of ether oxygens (including phenoxy) is 1. The lowest BCUT2D eigenvalue weighted by atomic mass is 9.72. The number of hydrogen-bond donors (Lipinski definition) is 2. The van der Waals surface area contributed by atoms with Gasteiger partial charge in [-0.15, -0.1) is 0 Å². The fourth-order valence-electron chi connectivity index (χ4n) is 2.66. The summed E-state index contributed by atoms with van der Waals surface area (Å²) in [5, 5.41) is 0. The molecule has 1 aliphatic rings. The summed E-state index contributed by atoms with van der Waals surface area (Å²) in [5.74, 6) is 0.0568. The largest absolute Gasteiger partial charge is 0.383 e. The van der Waals surface area contributed by atoms with Crippen molar-refractivity contribution in [3.63, 3.8) is 0 Å². The maximum Gasteiger partial charge on any atom is 0.328 e. The highest BCUT2D eigenvalue weighted by molar-refractivity contribution is 7.89. The molecule has 1 aromatic rings. The number of methoxy groups -OCH3 is 1. The highest BCUT2D eigenvalue weighted by Gasteiger charge is 2.36. The quantitative estimate of drug-likeness (QED) is 0.677. The molecular formula is C14H23N3O5S. The molecule has 0 saturated heterocycles. The molecule has 0 aromatic carbocycles. The minimum absolute atomic E-state index is 0.0568. The Balaban J connectivity index is 2.07. The van der Waals surface area contributed by atoms with Crippen LogP contribution < -0.4 is 16.0 Å². The summed E-state index contributed by atoms with van der Waals surface area (Å²) in [6.45, 7) is 2.41. The Morgan fingerprint density at radius 2 is 2.09 bits per heavy atom. The summed E-state index contributed by atoms with van der Waals surface area (Å²) in [4.78, 5) is 25.6. The Kier molecular flexibility index (Phi) is 5.43. The van der Waals surface area contributed by atoms with Gasteiger partial charge in [0.1, 0.15) is 0 Å². The van der Waals surface area contributed by atoms with Crippen molar-refractivity contribution in [2.45, 2.75) is 39.3 Å². The third-order valence-electron chi connectivity index (χ3n) is 4.20. The summed E-state index contributed by atoms with van der Waals surface area (Å²) in [5.41, 5.74) is -1.10. The first kappa shape index (κ1) is 17.9. The van der Waals surface area contributed by atoms with Gasteiger partial charge in [-0.25, -0.2) is 17.9 Å². The van der Waals surface area contributed by atoms with Crippen molar-refractivity contribution in [2.75, 3.05) is 19.5 Å². The van der Waals surface area contributed by atoms with Crippen molar-refractivity contribution in [1.82, 2.24) is 14.3 Å². The van der Waals surface area contributed by atoms with Crippen molar-refractivity contribution >= 4 is 10.0 Å². The maximum absolute atomic E-state index is 12.1. The van der Waals surface area contributed by atoms with E-state index in [0.29, 0.717) is 6.61 Å². The summed E-state index contributed by atoms with van der Waals surface area (Å²) >= 11 is 0. The molecule has 8 nitrogen and oxygen atoms in total. The van der Waals surface area contributed by atoms with Crippen LogP contribution in [0.25, 0.3) is 0 Å². The number of aromatic amines is 1. The van der Waals surface area contributed by atoms with E-state index in [1.54, 1.807) is 0 Å². The molecule has 23 heavy (non-hydrogen) atoms. The summed E-state index contributed by atoms with van der Waals surface area (Å²) < 4.78 is 32.9. The molecule has 2 N–H and O–H groups in total. The van der Waals surface area contributed by atoms with E-state index in [1.165, 1.54) is 17.9 Å². The van der Waals surface area contributed by atoms with Gasteiger partial charge in [0, 0.05) is 25.4 Å². The Bertz CT molecular complexity index is 761. The van der Waals surface area contributed by atoms with E-state index in [1.807, 2.05) is 6.92 Å².